The Balaban J connectivity index is 1.37. The average Bonchev–Trinajstić information content (AvgIpc) is 3.35. The lowest BCUT2D eigenvalue weighted by Crippen LogP contribution is -2.41. The molecule has 144 valence electrons. The van der Waals surface area contributed by atoms with Gasteiger partial charge >= 0.3 is 6.03 Å². The number of aromatic nitrogens is 2. The zero-order chi connectivity index (χ0) is 18.6. The van der Waals surface area contributed by atoms with Crippen LogP contribution in [0.5, 0.6) is 0 Å². The second-order valence-electron chi connectivity index (χ2n) is 7.40. The molecule has 2 aliphatic heterocycles. The zero-order valence-electron chi connectivity index (χ0n) is 15.5. The first-order valence-electron chi connectivity index (χ1n) is 9.71. The van der Waals surface area contributed by atoms with Crippen LogP contribution in [0.3, 0.4) is 0 Å². The summed E-state index contributed by atoms with van der Waals surface area (Å²) >= 11 is 0. The monoisotopic (exact) mass is 371 g/mol. The molecule has 1 N–H and O–H groups in total. The first-order valence-corrected chi connectivity index (χ1v) is 9.71. The van der Waals surface area contributed by atoms with E-state index in [0.717, 1.165) is 51.1 Å². The van der Waals surface area contributed by atoms with Crippen molar-refractivity contribution in [3.8, 4) is 0 Å². The summed E-state index contributed by atoms with van der Waals surface area (Å²) in [5.41, 5.74) is 1.85. The molecule has 2 aliphatic rings. The van der Waals surface area contributed by atoms with Crippen LogP contribution < -0.4 is 5.32 Å². The number of halogens is 1. The fraction of sp³-hybridized carbons (Fsp3) is 0.500. The lowest BCUT2D eigenvalue weighted by atomic mass is 10.1. The van der Waals surface area contributed by atoms with Crippen LogP contribution in [-0.4, -0.2) is 51.8 Å². The highest BCUT2D eigenvalue weighted by atomic mass is 19.1. The summed E-state index contributed by atoms with van der Waals surface area (Å²) in [6.07, 6.45) is 4.81. The largest absolute Gasteiger partial charge is 0.338 e. The van der Waals surface area contributed by atoms with E-state index < -0.39 is 0 Å². The topological polar surface area (TPSA) is 53.4 Å². The van der Waals surface area contributed by atoms with Gasteiger partial charge in [0.05, 0.1) is 11.7 Å². The van der Waals surface area contributed by atoms with Crippen molar-refractivity contribution in [2.75, 3.05) is 26.2 Å². The smallest absolute Gasteiger partial charge is 0.317 e. The molecular formula is C20H26FN5O. The second-order valence-corrected chi connectivity index (χ2v) is 7.40. The third-order valence-corrected chi connectivity index (χ3v) is 5.45. The molecule has 1 aromatic carbocycles. The first-order chi connectivity index (χ1) is 13.2. The molecule has 1 unspecified atom stereocenters. The van der Waals surface area contributed by atoms with Crippen molar-refractivity contribution in [1.82, 2.24) is 24.9 Å². The van der Waals surface area contributed by atoms with E-state index in [1.165, 1.54) is 6.07 Å². The quantitative estimate of drug-likeness (QED) is 0.879. The number of hydrogen-bond acceptors (Lipinski definition) is 3. The van der Waals surface area contributed by atoms with Gasteiger partial charge in [0.1, 0.15) is 5.82 Å². The van der Waals surface area contributed by atoms with Crippen molar-refractivity contribution in [1.29, 1.82) is 0 Å². The molecule has 0 bridgehead atoms. The number of nitrogens with zero attached hydrogens (tertiary/aromatic N) is 4. The van der Waals surface area contributed by atoms with E-state index in [1.54, 1.807) is 6.07 Å². The highest BCUT2D eigenvalue weighted by molar-refractivity contribution is 5.74. The van der Waals surface area contributed by atoms with Crippen LogP contribution in [0.2, 0.25) is 0 Å². The van der Waals surface area contributed by atoms with Crippen LogP contribution in [0, 0.1) is 5.82 Å². The van der Waals surface area contributed by atoms with Crippen LogP contribution in [0.25, 0.3) is 0 Å². The Morgan fingerprint density at radius 1 is 1.22 bits per heavy atom. The van der Waals surface area contributed by atoms with Crippen LogP contribution in [0.1, 0.15) is 36.6 Å². The van der Waals surface area contributed by atoms with Gasteiger partial charge in [-0.1, -0.05) is 18.2 Å². The number of carbonyl (C=O) groups excluding carboxylic acids is 1. The maximum absolute atomic E-state index is 14.0. The first kappa shape index (κ1) is 18.0. The van der Waals surface area contributed by atoms with E-state index in [-0.39, 0.29) is 17.9 Å². The number of fused-ring (bicyclic) bond motifs is 1. The standard InChI is InChI=1S/C20H26FN5O/c21-19-6-2-1-5-16(19)13-24-14-17(26-18(15-24)8-10-23-26)7-9-22-20(27)25-11-3-4-12-25/h1-2,5-6,8,10,17H,3-4,7,9,11-15H2,(H,22,27). The zero-order valence-corrected chi connectivity index (χ0v) is 15.5. The summed E-state index contributed by atoms with van der Waals surface area (Å²) in [6.45, 7) is 4.46. The minimum absolute atomic E-state index is 0.0345. The van der Waals surface area contributed by atoms with Crippen LogP contribution >= 0.6 is 0 Å². The second kappa shape index (κ2) is 8.08. The molecule has 0 spiro atoms. The molecule has 1 saturated heterocycles. The third-order valence-electron chi connectivity index (χ3n) is 5.45. The van der Waals surface area contributed by atoms with Crippen molar-refractivity contribution in [2.45, 2.75) is 38.4 Å². The number of nitrogens with one attached hydrogen (secondary N) is 1. The normalized spacial score (nSPS) is 19.9. The van der Waals surface area contributed by atoms with E-state index >= 15 is 0 Å². The Kier molecular flexibility index (Phi) is 5.38. The molecule has 1 atom stereocenters. The van der Waals surface area contributed by atoms with Gasteiger partial charge in [0.25, 0.3) is 0 Å². The molecule has 4 rings (SSSR count). The molecule has 2 aromatic rings. The van der Waals surface area contributed by atoms with Crippen molar-refractivity contribution < 1.29 is 9.18 Å². The van der Waals surface area contributed by atoms with E-state index in [2.05, 4.69) is 20.0 Å². The number of urea groups is 1. The van der Waals surface area contributed by atoms with Gasteiger partial charge < -0.3 is 10.2 Å². The molecule has 0 radical (unpaired) electrons. The lowest BCUT2D eigenvalue weighted by Gasteiger charge is -2.34. The van der Waals surface area contributed by atoms with Crippen LogP contribution in [0.4, 0.5) is 9.18 Å². The summed E-state index contributed by atoms with van der Waals surface area (Å²) in [4.78, 5) is 16.3. The number of amides is 2. The molecule has 1 fully saturated rings. The molecule has 3 heterocycles. The molecule has 7 heteroatoms. The Labute approximate surface area is 158 Å². The van der Waals surface area contributed by atoms with E-state index in [4.69, 9.17) is 0 Å². The van der Waals surface area contributed by atoms with E-state index in [1.807, 2.05) is 29.3 Å². The minimum atomic E-state index is -0.161. The highest BCUT2D eigenvalue weighted by Gasteiger charge is 2.26. The SMILES string of the molecule is O=C(NCCC1CN(Cc2ccccc2F)Cc2ccnn21)N1CCCC1. The van der Waals surface area contributed by atoms with Crippen molar-refractivity contribution in [3.63, 3.8) is 0 Å². The molecular weight excluding hydrogens is 345 g/mol. The van der Waals surface area contributed by atoms with E-state index in [9.17, 15) is 9.18 Å². The fourth-order valence-electron chi connectivity index (χ4n) is 4.04. The van der Waals surface area contributed by atoms with Gasteiger partial charge in [-0.05, 0) is 31.4 Å². The summed E-state index contributed by atoms with van der Waals surface area (Å²) in [6, 6.07) is 9.17. The fourth-order valence-corrected chi connectivity index (χ4v) is 4.04. The molecule has 6 nitrogen and oxygen atoms in total. The van der Waals surface area contributed by atoms with Gasteiger partial charge in [0.2, 0.25) is 0 Å². The van der Waals surface area contributed by atoms with Gasteiger partial charge in [0, 0.05) is 51.0 Å². The number of hydrogen-bond donors (Lipinski definition) is 1. The van der Waals surface area contributed by atoms with Gasteiger partial charge in [-0.25, -0.2) is 9.18 Å². The maximum Gasteiger partial charge on any atom is 0.317 e. The Hall–Kier alpha value is -2.41. The predicted octanol–water partition coefficient (Wildman–Crippen LogP) is 2.77. The molecule has 0 aliphatic carbocycles. The summed E-state index contributed by atoms with van der Waals surface area (Å²) in [5, 5.41) is 7.50. The third kappa shape index (κ3) is 4.13. The number of likely N-dealkylation sites (tertiary alicyclic amines) is 1. The van der Waals surface area contributed by atoms with Gasteiger partial charge in [-0.2, -0.15) is 5.10 Å². The van der Waals surface area contributed by atoms with Crippen molar-refractivity contribution in [3.05, 3.63) is 53.6 Å². The number of rotatable bonds is 5. The Bertz CT molecular complexity index is 786. The van der Waals surface area contributed by atoms with Crippen molar-refractivity contribution in [2.24, 2.45) is 0 Å². The minimum Gasteiger partial charge on any atom is -0.338 e. The predicted molar refractivity (Wildman–Crippen MR) is 101 cm³/mol. The van der Waals surface area contributed by atoms with Gasteiger partial charge in [0.15, 0.2) is 0 Å². The summed E-state index contributed by atoms with van der Waals surface area (Å²) in [5.74, 6) is -0.161. The van der Waals surface area contributed by atoms with Gasteiger partial charge in [-0.3, -0.25) is 9.58 Å². The summed E-state index contributed by atoms with van der Waals surface area (Å²) in [7, 11) is 0. The summed E-state index contributed by atoms with van der Waals surface area (Å²) < 4.78 is 16.1. The molecule has 0 saturated carbocycles. The highest BCUT2D eigenvalue weighted by Crippen LogP contribution is 2.24. The average molecular weight is 371 g/mol. The Morgan fingerprint density at radius 2 is 2.04 bits per heavy atom. The van der Waals surface area contributed by atoms with Gasteiger partial charge in [-0.15, -0.1) is 0 Å². The van der Waals surface area contributed by atoms with Crippen LogP contribution in [0.15, 0.2) is 36.5 Å². The number of carbonyl (C=O) groups is 1. The van der Waals surface area contributed by atoms with E-state index in [0.29, 0.717) is 18.7 Å². The maximum atomic E-state index is 14.0. The molecule has 2 amide bonds. The lowest BCUT2D eigenvalue weighted by molar-refractivity contribution is 0.158. The van der Waals surface area contributed by atoms with Crippen LogP contribution in [-0.2, 0) is 13.1 Å². The Morgan fingerprint density at radius 3 is 2.85 bits per heavy atom. The molecule has 27 heavy (non-hydrogen) atoms. The van der Waals surface area contributed by atoms with Crippen molar-refractivity contribution >= 4 is 6.03 Å². The number of benzene rings is 1. The molecule has 1 aromatic heterocycles.